The Balaban J connectivity index is 1.62. The van der Waals surface area contributed by atoms with Crippen molar-refractivity contribution in [3.8, 4) is 0 Å². The van der Waals surface area contributed by atoms with Gasteiger partial charge in [0.05, 0.1) is 4.90 Å². The highest BCUT2D eigenvalue weighted by Gasteiger charge is 2.30. The van der Waals surface area contributed by atoms with Crippen LogP contribution in [0, 0.1) is 0 Å². The number of fused-ring (bicyclic) bond motifs is 1. The maximum absolute atomic E-state index is 12.1. The van der Waals surface area contributed by atoms with Gasteiger partial charge < -0.3 is 10.2 Å². The quantitative estimate of drug-likeness (QED) is 0.740. The lowest BCUT2D eigenvalue weighted by molar-refractivity contribution is -0.114. The van der Waals surface area contributed by atoms with Gasteiger partial charge in [0.2, 0.25) is 5.91 Å². The summed E-state index contributed by atoms with van der Waals surface area (Å²) in [4.78, 5) is 30.3. The number of anilines is 1. The Labute approximate surface area is 167 Å². The zero-order chi connectivity index (χ0) is 20.3. The molecule has 1 heterocycles. The van der Waals surface area contributed by atoms with E-state index in [0.717, 1.165) is 16.7 Å². The molecule has 0 unspecified atom stereocenters. The second kappa shape index (κ2) is 8.03. The number of amides is 2. The third kappa shape index (κ3) is 4.52. The normalized spacial score (nSPS) is 15.6. The second-order valence-electron chi connectivity index (χ2n) is 6.10. The molecule has 146 valence electrons. The van der Waals surface area contributed by atoms with Crippen molar-refractivity contribution < 1.29 is 18.0 Å². The zero-order valence-corrected chi connectivity index (χ0v) is 16.8. The van der Waals surface area contributed by atoms with E-state index in [1.54, 1.807) is 56.6 Å². The average Bonchev–Trinajstić information content (AvgIpc) is 2.92. The van der Waals surface area contributed by atoms with E-state index < -0.39 is 10.0 Å². The molecule has 3 rings (SSSR count). The van der Waals surface area contributed by atoms with Crippen molar-refractivity contribution >= 4 is 44.5 Å². The molecule has 0 bridgehead atoms. The Hall–Kier alpha value is -2.85. The molecule has 0 fully saturated rings. The molecule has 0 aliphatic carbocycles. The topological polar surface area (TPSA) is 108 Å². The fourth-order valence-corrected chi connectivity index (χ4v) is 4.31. The van der Waals surface area contributed by atoms with Crippen LogP contribution < -0.4 is 10.0 Å². The molecule has 28 heavy (non-hydrogen) atoms. The van der Waals surface area contributed by atoms with Crippen LogP contribution in [0.25, 0.3) is 0 Å². The van der Waals surface area contributed by atoms with Gasteiger partial charge >= 0.3 is 0 Å². The molecular weight excluding hydrogens is 400 g/mol. The van der Waals surface area contributed by atoms with Gasteiger partial charge in [-0.25, -0.2) is 8.42 Å². The Kier molecular flexibility index (Phi) is 5.71. The standard InChI is InChI=1S/C18H18N4O4S2/c1-22(2)18(24)27-13-9-7-12(8-10-13)20-16(23)11-19-17-14-5-3-4-6-15(14)28(25,26)21-17/h3-10H,11H2,1-2H3,(H,19,21)(H,20,23). The Morgan fingerprint density at radius 2 is 1.79 bits per heavy atom. The molecule has 8 nitrogen and oxygen atoms in total. The van der Waals surface area contributed by atoms with Crippen molar-refractivity contribution in [2.75, 3.05) is 26.0 Å². The van der Waals surface area contributed by atoms with Gasteiger partial charge in [-0.1, -0.05) is 12.1 Å². The predicted octanol–water partition coefficient (Wildman–Crippen LogP) is 2.14. The smallest absolute Gasteiger partial charge is 0.285 e. The fraction of sp³-hybridized carbons (Fsp3) is 0.167. The van der Waals surface area contributed by atoms with Crippen molar-refractivity contribution in [3.63, 3.8) is 0 Å². The summed E-state index contributed by atoms with van der Waals surface area (Å²) in [5.41, 5.74) is 1.00. The number of carbonyl (C=O) groups excluding carboxylic acids is 2. The summed E-state index contributed by atoms with van der Waals surface area (Å²) >= 11 is 1.09. The van der Waals surface area contributed by atoms with E-state index in [0.29, 0.717) is 11.3 Å². The van der Waals surface area contributed by atoms with Crippen LogP contribution in [0.4, 0.5) is 10.5 Å². The number of sulfonamides is 1. The molecule has 2 aromatic carbocycles. The van der Waals surface area contributed by atoms with Gasteiger partial charge in [-0.05, 0) is 48.2 Å². The summed E-state index contributed by atoms with van der Waals surface area (Å²) in [6, 6.07) is 13.3. The molecule has 0 radical (unpaired) electrons. The minimum atomic E-state index is -3.63. The second-order valence-corrected chi connectivity index (χ2v) is 8.78. The highest BCUT2D eigenvalue weighted by Crippen LogP contribution is 2.23. The molecule has 2 aromatic rings. The molecule has 0 saturated carbocycles. The molecular formula is C18H18N4O4S2. The maximum Gasteiger partial charge on any atom is 0.285 e. The first kappa shape index (κ1) is 19.9. The van der Waals surface area contributed by atoms with Gasteiger partial charge in [0, 0.05) is 30.2 Å². The first-order valence-corrected chi connectivity index (χ1v) is 10.5. The molecule has 2 amide bonds. The van der Waals surface area contributed by atoms with E-state index >= 15 is 0 Å². The molecule has 0 saturated heterocycles. The maximum atomic E-state index is 12.1. The molecule has 10 heteroatoms. The molecule has 0 spiro atoms. The summed E-state index contributed by atoms with van der Waals surface area (Å²) in [6.45, 7) is -0.234. The van der Waals surface area contributed by atoms with Crippen molar-refractivity contribution in [2.45, 2.75) is 9.79 Å². The number of hydrogen-bond donors (Lipinski definition) is 2. The van der Waals surface area contributed by atoms with Crippen LogP contribution in [0.2, 0.25) is 0 Å². The third-order valence-electron chi connectivity index (χ3n) is 3.75. The van der Waals surface area contributed by atoms with E-state index in [1.807, 2.05) is 0 Å². The van der Waals surface area contributed by atoms with Crippen LogP contribution in [0.3, 0.4) is 0 Å². The molecule has 0 atom stereocenters. The van der Waals surface area contributed by atoms with E-state index in [2.05, 4.69) is 15.0 Å². The lowest BCUT2D eigenvalue weighted by Gasteiger charge is -2.09. The summed E-state index contributed by atoms with van der Waals surface area (Å²) in [5.74, 6) is -0.236. The van der Waals surface area contributed by atoms with Gasteiger partial charge in [0.15, 0.2) is 0 Å². The average molecular weight is 419 g/mol. The number of nitrogens with zero attached hydrogens (tertiary/aromatic N) is 2. The summed E-state index contributed by atoms with van der Waals surface area (Å²) in [6.07, 6.45) is 0. The van der Waals surface area contributed by atoms with Gasteiger partial charge in [-0.3, -0.25) is 19.3 Å². The number of benzene rings is 2. The lowest BCUT2D eigenvalue weighted by Crippen LogP contribution is -2.24. The first-order chi connectivity index (χ1) is 13.3. The van der Waals surface area contributed by atoms with E-state index in [9.17, 15) is 18.0 Å². The fourth-order valence-electron chi connectivity index (χ4n) is 2.40. The number of rotatable bonds is 4. The van der Waals surface area contributed by atoms with Crippen LogP contribution in [0.1, 0.15) is 5.56 Å². The predicted molar refractivity (Wildman–Crippen MR) is 108 cm³/mol. The van der Waals surface area contributed by atoms with Crippen LogP contribution in [0.5, 0.6) is 0 Å². The number of nitrogens with one attached hydrogen (secondary N) is 2. The number of thioether (sulfide) groups is 1. The summed E-state index contributed by atoms with van der Waals surface area (Å²) in [7, 11) is -0.279. The molecule has 1 aliphatic rings. The van der Waals surface area contributed by atoms with Crippen molar-refractivity contribution in [1.82, 2.24) is 9.62 Å². The number of carbonyl (C=O) groups is 2. The Bertz CT molecular complexity index is 1050. The van der Waals surface area contributed by atoms with E-state index in [1.165, 1.54) is 11.0 Å². The van der Waals surface area contributed by atoms with Gasteiger partial charge in [-0.2, -0.15) is 0 Å². The number of hydrogen-bond acceptors (Lipinski definition) is 6. The summed E-state index contributed by atoms with van der Waals surface area (Å²) < 4.78 is 26.4. The van der Waals surface area contributed by atoms with Gasteiger partial charge in [-0.15, -0.1) is 0 Å². The van der Waals surface area contributed by atoms with E-state index in [4.69, 9.17) is 0 Å². The largest absolute Gasteiger partial charge is 0.339 e. The van der Waals surface area contributed by atoms with Crippen molar-refractivity contribution in [3.05, 3.63) is 54.1 Å². The monoisotopic (exact) mass is 418 g/mol. The zero-order valence-electron chi connectivity index (χ0n) is 15.2. The van der Waals surface area contributed by atoms with Crippen LogP contribution in [-0.2, 0) is 14.8 Å². The highest BCUT2D eigenvalue weighted by atomic mass is 32.2. The van der Waals surface area contributed by atoms with Gasteiger partial charge in [0.1, 0.15) is 12.4 Å². The summed E-state index contributed by atoms with van der Waals surface area (Å²) in [5, 5.41) is 2.60. The Morgan fingerprint density at radius 3 is 2.46 bits per heavy atom. The Morgan fingerprint density at radius 1 is 1.11 bits per heavy atom. The molecule has 1 aliphatic heterocycles. The van der Waals surface area contributed by atoms with Gasteiger partial charge in [0.25, 0.3) is 15.3 Å². The SMILES string of the molecule is CN(C)C(=O)Sc1ccc(NC(=O)CN=C2NS(=O)(=O)c3ccccc32)cc1. The highest BCUT2D eigenvalue weighted by molar-refractivity contribution is 8.13. The third-order valence-corrected chi connectivity index (χ3v) is 6.20. The molecule has 0 aromatic heterocycles. The van der Waals surface area contributed by atoms with Crippen LogP contribution >= 0.6 is 11.8 Å². The van der Waals surface area contributed by atoms with E-state index in [-0.39, 0.29) is 28.4 Å². The van der Waals surface area contributed by atoms with Crippen molar-refractivity contribution in [1.29, 1.82) is 0 Å². The molecule has 2 N–H and O–H groups in total. The number of amidine groups is 1. The van der Waals surface area contributed by atoms with Crippen LogP contribution in [0.15, 0.2) is 63.3 Å². The van der Waals surface area contributed by atoms with Crippen molar-refractivity contribution in [2.24, 2.45) is 4.99 Å². The van der Waals surface area contributed by atoms with Crippen LogP contribution in [-0.4, -0.2) is 50.9 Å². The lowest BCUT2D eigenvalue weighted by atomic mass is 10.2. The number of aliphatic imine (C=N–C) groups is 1. The minimum absolute atomic E-state index is 0.0908. The first-order valence-electron chi connectivity index (χ1n) is 8.22. The minimum Gasteiger partial charge on any atom is -0.339 e.